The molecule has 1 aliphatic heterocycles. The molecule has 0 amide bonds. The standard InChI is InChI=1S/C10H14IN3O/c11-8-6-13-10(14-7-8)12-4-3-9-2-1-5-15-9/h6-7,9H,1-5H2,(H,12,13,14). The Balaban J connectivity index is 1.71. The first-order valence-electron chi connectivity index (χ1n) is 5.17. The molecule has 0 bridgehead atoms. The quantitative estimate of drug-likeness (QED) is 0.863. The van der Waals surface area contributed by atoms with E-state index in [9.17, 15) is 0 Å². The van der Waals surface area contributed by atoms with Gasteiger partial charge in [0.25, 0.3) is 0 Å². The smallest absolute Gasteiger partial charge is 0.222 e. The molecule has 1 aromatic rings. The van der Waals surface area contributed by atoms with Crippen molar-refractivity contribution < 1.29 is 4.74 Å². The van der Waals surface area contributed by atoms with Gasteiger partial charge in [0.05, 0.1) is 6.10 Å². The zero-order valence-electron chi connectivity index (χ0n) is 8.45. The molecule has 1 unspecified atom stereocenters. The maximum atomic E-state index is 5.53. The van der Waals surface area contributed by atoms with Crippen LogP contribution in [0.15, 0.2) is 12.4 Å². The lowest BCUT2D eigenvalue weighted by atomic mass is 10.2. The maximum Gasteiger partial charge on any atom is 0.222 e. The first-order valence-corrected chi connectivity index (χ1v) is 6.25. The molecule has 0 aromatic carbocycles. The number of hydrogen-bond acceptors (Lipinski definition) is 4. The summed E-state index contributed by atoms with van der Waals surface area (Å²) in [6, 6.07) is 0. The van der Waals surface area contributed by atoms with Crippen LogP contribution < -0.4 is 5.32 Å². The summed E-state index contributed by atoms with van der Waals surface area (Å²) in [7, 11) is 0. The first kappa shape index (κ1) is 11.1. The number of nitrogens with zero attached hydrogens (tertiary/aromatic N) is 2. The fourth-order valence-electron chi connectivity index (χ4n) is 1.62. The van der Waals surface area contributed by atoms with E-state index in [1.165, 1.54) is 12.8 Å². The molecule has 82 valence electrons. The first-order chi connectivity index (χ1) is 7.34. The Kier molecular flexibility index (Phi) is 4.13. The molecular formula is C10H14IN3O. The van der Waals surface area contributed by atoms with Gasteiger partial charge in [-0.3, -0.25) is 0 Å². The van der Waals surface area contributed by atoms with Gasteiger partial charge in [-0.05, 0) is 41.9 Å². The molecule has 1 N–H and O–H groups in total. The number of hydrogen-bond donors (Lipinski definition) is 1. The average molecular weight is 319 g/mol. The molecule has 4 nitrogen and oxygen atoms in total. The summed E-state index contributed by atoms with van der Waals surface area (Å²) in [5.74, 6) is 0.702. The van der Waals surface area contributed by atoms with E-state index in [0.717, 1.165) is 23.1 Å². The molecule has 1 aromatic heterocycles. The van der Waals surface area contributed by atoms with Crippen LogP contribution in [0.4, 0.5) is 5.95 Å². The highest BCUT2D eigenvalue weighted by atomic mass is 127. The summed E-state index contributed by atoms with van der Waals surface area (Å²) in [4.78, 5) is 8.34. The van der Waals surface area contributed by atoms with Crippen LogP contribution in [0.1, 0.15) is 19.3 Å². The van der Waals surface area contributed by atoms with Crippen molar-refractivity contribution in [3.05, 3.63) is 16.0 Å². The molecule has 5 heteroatoms. The largest absolute Gasteiger partial charge is 0.378 e. The van der Waals surface area contributed by atoms with Crippen LogP contribution in [-0.2, 0) is 4.74 Å². The van der Waals surface area contributed by atoms with Gasteiger partial charge < -0.3 is 10.1 Å². The highest BCUT2D eigenvalue weighted by molar-refractivity contribution is 14.1. The number of nitrogens with one attached hydrogen (secondary N) is 1. The van der Waals surface area contributed by atoms with Gasteiger partial charge in [0.2, 0.25) is 5.95 Å². The van der Waals surface area contributed by atoms with E-state index in [4.69, 9.17) is 4.74 Å². The summed E-state index contributed by atoms with van der Waals surface area (Å²) in [6.45, 7) is 1.80. The second kappa shape index (κ2) is 5.60. The van der Waals surface area contributed by atoms with Crippen molar-refractivity contribution in [2.75, 3.05) is 18.5 Å². The van der Waals surface area contributed by atoms with Crippen LogP contribution in [0.2, 0.25) is 0 Å². The third kappa shape index (κ3) is 3.57. The molecule has 0 aliphatic carbocycles. The second-order valence-corrected chi connectivity index (χ2v) is 4.82. The number of halogens is 1. The van der Waals surface area contributed by atoms with Gasteiger partial charge in [-0.15, -0.1) is 0 Å². The number of anilines is 1. The van der Waals surface area contributed by atoms with Crippen molar-refractivity contribution >= 4 is 28.5 Å². The zero-order chi connectivity index (χ0) is 10.5. The van der Waals surface area contributed by atoms with E-state index in [0.29, 0.717) is 12.1 Å². The van der Waals surface area contributed by atoms with E-state index in [1.807, 2.05) is 12.4 Å². The van der Waals surface area contributed by atoms with Gasteiger partial charge in [0, 0.05) is 29.1 Å². The minimum Gasteiger partial charge on any atom is -0.378 e. The van der Waals surface area contributed by atoms with E-state index in [2.05, 4.69) is 37.9 Å². The van der Waals surface area contributed by atoms with Crippen molar-refractivity contribution in [3.63, 3.8) is 0 Å². The van der Waals surface area contributed by atoms with Crippen LogP contribution in [-0.4, -0.2) is 29.2 Å². The molecule has 2 rings (SSSR count). The maximum absolute atomic E-state index is 5.53. The molecule has 1 fully saturated rings. The van der Waals surface area contributed by atoms with Crippen LogP contribution >= 0.6 is 22.6 Å². The predicted octanol–water partition coefficient (Wildman–Crippen LogP) is 2.06. The Labute approximate surface area is 103 Å². The van der Waals surface area contributed by atoms with Gasteiger partial charge >= 0.3 is 0 Å². The molecule has 0 saturated carbocycles. The van der Waals surface area contributed by atoms with Crippen LogP contribution in [0.5, 0.6) is 0 Å². The Hall–Kier alpha value is -0.430. The summed E-state index contributed by atoms with van der Waals surface area (Å²) in [5.41, 5.74) is 0. The zero-order valence-corrected chi connectivity index (χ0v) is 10.6. The van der Waals surface area contributed by atoms with Crippen LogP contribution in [0, 0.1) is 3.57 Å². The number of aromatic nitrogens is 2. The fourth-order valence-corrected chi connectivity index (χ4v) is 1.90. The van der Waals surface area contributed by atoms with Gasteiger partial charge in [0.1, 0.15) is 0 Å². The minimum atomic E-state index is 0.432. The topological polar surface area (TPSA) is 47.0 Å². The highest BCUT2D eigenvalue weighted by Gasteiger charge is 2.14. The molecular weight excluding hydrogens is 305 g/mol. The van der Waals surface area contributed by atoms with E-state index < -0.39 is 0 Å². The van der Waals surface area contributed by atoms with Crippen LogP contribution in [0.25, 0.3) is 0 Å². The summed E-state index contributed by atoms with van der Waals surface area (Å²) in [5, 5.41) is 3.19. The minimum absolute atomic E-state index is 0.432. The SMILES string of the molecule is Ic1cnc(NCCC2CCCO2)nc1. The average Bonchev–Trinajstić information content (AvgIpc) is 2.74. The Bertz CT molecular complexity index is 298. The molecule has 1 aliphatic rings. The Morgan fingerprint density at radius 2 is 2.27 bits per heavy atom. The fraction of sp³-hybridized carbons (Fsp3) is 0.600. The molecule has 1 saturated heterocycles. The number of rotatable bonds is 4. The molecule has 0 spiro atoms. The van der Waals surface area contributed by atoms with Crippen molar-refractivity contribution in [2.24, 2.45) is 0 Å². The highest BCUT2D eigenvalue weighted by Crippen LogP contribution is 2.15. The van der Waals surface area contributed by atoms with Crippen LogP contribution in [0.3, 0.4) is 0 Å². The van der Waals surface area contributed by atoms with E-state index in [-0.39, 0.29) is 0 Å². The normalized spacial score (nSPS) is 20.5. The summed E-state index contributed by atoms with van der Waals surface area (Å²) >= 11 is 2.19. The van der Waals surface area contributed by atoms with Crippen molar-refractivity contribution in [2.45, 2.75) is 25.4 Å². The molecule has 2 heterocycles. The van der Waals surface area contributed by atoms with E-state index >= 15 is 0 Å². The van der Waals surface area contributed by atoms with Gasteiger partial charge in [-0.25, -0.2) is 9.97 Å². The number of ether oxygens (including phenoxy) is 1. The monoisotopic (exact) mass is 319 g/mol. The lowest BCUT2D eigenvalue weighted by Gasteiger charge is -2.09. The predicted molar refractivity (Wildman–Crippen MR) is 66.8 cm³/mol. The molecule has 0 radical (unpaired) electrons. The second-order valence-electron chi connectivity index (χ2n) is 3.58. The molecule has 15 heavy (non-hydrogen) atoms. The lowest BCUT2D eigenvalue weighted by molar-refractivity contribution is 0.107. The van der Waals surface area contributed by atoms with E-state index in [1.54, 1.807) is 0 Å². The Morgan fingerprint density at radius 1 is 1.47 bits per heavy atom. The summed E-state index contributed by atoms with van der Waals surface area (Å²) < 4.78 is 6.58. The Morgan fingerprint density at radius 3 is 2.93 bits per heavy atom. The molecule has 1 atom stereocenters. The lowest BCUT2D eigenvalue weighted by Crippen LogP contribution is -2.13. The van der Waals surface area contributed by atoms with Crippen molar-refractivity contribution in [3.8, 4) is 0 Å². The van der Waals surface area contributed by atoms with Gasteiger partial charge in [-0.2, -0.15) is 0 Å². The van der Waals surface area contributed by atoms with Gasteiger partial charge in [0.15, 0.2) is 0 Å². The summed E-state index contributed by atoms with van der Waals surface area (Å²) in [6.07, 6.45) is 7.47. The van der Waals surface area contributed by atoms with Gasteiger partial charge in [-0.1, -0.05) is 0 Å². The third-order valence-corrected chi connectivity index (χ3v) is 2.95. The third-order valence-electron chi connectivity index (χ3n) is 2.39. The van der Waals surface area contributed by atoms with Crippen molar-refractivity contribution in [1.29, 1.82) is 0 Å². The van der Waals surface area contributed by atoms with Crippen molar-refractivity contribution in [1.82, 2.24) is 9.97 Å².